The summed E-state index contributed by atoms with van der Waals surface area (Å²) in [5.74, 6) is 0.664. The molecular weight excluding hydrogens is 210 g/mol. The third-order valence-corrected chi connectivity index (χ3v) is 2.43. The fraction of sp³-hybridized carbons (Fsp3) is 0. The van der Waals surface area contributed by atoms with Gasteiger partial charge >= 0.3 is 0 Å². The van der Waals surface area contributed by atoms with E-state index in [1.54, 1.807) is 12.1 Å². The van der Waals surface area contributed by atoms with Crippen LogP contribution >= 0.6 is 11.3 Å². The number of hydrogen-bond acceptors (Lipinski definition) is 5. The van der Waals surface area contributed by atoms with E-state index in [1.807, 2.05) is 24.3 Å². The molecule has 4 nitrogen and oxygen atoms in total. The molecule has 0 unspecified atom stereocenters. The van der Waals surface area contributed by atoms with Gasteiger partial charge in [0.15, 0.2) is 10.8 Å². The molecule has 0 aliphatic heterocycles. The van der Waals surface area contributed by atoms with E-state index in [9.17, 15) is 0 Å². The standard InChI is InChI=1S/C10H7N3OS/c11-6-8-9(15-10(12)13-8)14-7-4-2-1-3-5-7/h1-5H,(H2,12,13). The number of benzene rings is 1. The first-order valence-electron chi connectivity index (χ1n) is 4.19. The zero-order chi connectivity index (χ0) is 10.7. The van der Waals surface area contributed by atoms with Gasteiger partial charge in [-0.15, -0.1) is 0 Å². The van der Waals surface area contributed by atoms with Gasteiger partial charge in [-0.25, -0.2) is 4.98 Å². The summed E-state index contributed by atoms with van der Waals surface area (Å²) < 4.78 is 5.47. The number of ether oxygens (including phenoxy) is 1. The minimum absolute atomic E-state index is 0.223. The van der Waals surface area contributed by atoms with Gasteiger partial charge in [-0.1, -0.05) is 29.5 Å². The molecule has 15 heavy (non-hydrogen) atoms. The maximum absolute atomic E-state index is 8.77. The summed E-state index contributed by atoms with van der Waals surface area (Å²) in [6.45, 7) is 0. The van der Waals surface area contributed by atoms with Crippen LogP contribution in [0.15, 0.2) is 30.3 Å². The van der Waals surface area contributed by atoms with Crippen LogP contribution in [0.25, 0.3) is 0 Å². The fourth-order valence-corrected chi connectivity index (χ4v) is 1.71. The predicted molar refractivity (Wildman–Crippen MR) is 57.8 cm³/mol. The van der Waals surface area contributed by atoms with Crippen molar-refractivity contribution in [1.82, 2.24) is 4.98 Å². The zero-order valence-corrected chi connectivity index (χ0v) is 8.49. The molecule has 0 spiro atoms. The summed E-state index contributed by atoms with van der Waals surface area (Å²) in [4.78, 5) is 3.84. The summed E-state index contributed by atoms with van der Waals surface area (Å²) in [6, 6.07) is 11.1. The molecular formula is C10H7N3OS. The molecule has 2 aromatic rings. The highest BCUT2D eigenvalue weighted by Gasteiger charge is 2.10. The van der Waals surface area contributed by atoms with E-state index < -0.39 is 0 Å². The maximum atomic E-state index is 8.77. The van der Waals surface area contributed by atoms with E-state index in [2.05, 4.69) is 4.98 Å². The summed E-state index contributed by atoms with van der Waals surface area (Å²) in [5.41, 5.74) is 5.71. The van der Waals surface area contributed by atoms with Crippen molar-refractivity contribution in [1.29, 1.82) is 5.26 Å². The van der Waals surface area contributed by atoms with Crippen molar-refractivity contribution in [3.05, 3.63) is 36.0 Å². The molecule has 74 valence electrons. The number of nitrogen functional groups attached to an aromatic ring is 1. The van der Waals surface area contributed by atoms with Gasteiger partial charge in [0.1, 0.15) is 11.8 Å². The minimum Gasteiger partial charge on any atom is -0.443 e. The summed E-state index contributed by atoms with van der Waals surface area (Å²) in [7, 11) is 0. The van der Waals surface area contributed by atoms with E-state index in [0.29, 0.717) is 15.9 Å². The van der Waals surface area contributed by atoms with Crippen molar-refractivity contribution >= 4 is 16.5 Å². The van der Waals surface area contributed by atoms with Crippen molar-refractivity contribution in [2.75, 3.05) is 5.73 Å². The average Bonchev–Trinajstić information content (AvgIpc) is 2.60. The second kappa shape index (κ2) is 3.98. The number of rotatable bonds is 2. The molecule has 1 aromatic carbocycles. The van der Waals surface area contributed by atoms with Crippen molar-refractivity contribution in [2.45, 2.75) is 0 Å². The van der Waals surface area contributed by atoms with Crippen LogP contribution in [-0.2, 0) is 0 Å². The van der Waals surface area contributed by atoms with E-state index in [-0.39, 0.29) is 5.69 Å². The highest BCUT2D eigenvalue weighted by Crippen LogP contribution is 2.32. The Morgan fingerprint density at radius 1 is 1.33 bits per heavy atom. The molecule has 2 N–H and O–H groups in total. The molecule has 5 heteroatoms. The second-order valence-corrected chi connectivity index (χ2v) is 3.71. The lowest BCUT2D eigenvalue weighted by Gasteiger charge is -2.00. The highest BCUT2D eigenvalue weighted by atomic mass is 32.1. The van der Waals surface area contributed by atoms with Gasteiger partial charge in [-0.3, -0.25) is 0 Å². The van der Waals surface area contributed by atoms with Crippen molar-refractivity contribution in [2.24, 2.45) is 0 Å². The van der Waals surface area contributed by atoms with Gasteiger partial charge in [0, 0.05) is 0 Å². The van der Waals surface area contributed by atoms with E-state index in [1.165, 1.54) is 0 Å². The monoisotopic (exact) mass is 217 g/mol. The summed E-state index contributed by atoms with van der Waals surface area (Å²) in [5, 5.41) is 9.53. The van der Waals surface area contributed by atoms with Gasteiger partial charge in [-0.05, 0) is 12.1 Å². The van der Waals surface area contributed by atoms with Crippen LogP contribution in [0.5, 0.6) is 10.8 Å². The molecule has 0 aliphatic carbocycles. The number of hydrogen-bond donors (Lipinski definition) is 1. The molecule has 1 heterocycles. The number of nitrogens with zero attached hydrogens (tertiary/aromatic N) is 2. The minimum atomic E-state index is 0.223. The first-order chi connectivity index (χ1) is 7.29. The number of aromatic nitrogens is 1. The molecule has 0 amide bonds. The smallest absolute Gasteiger partial charge is 0.220 e. The maximum Gasteiger partial charge on any atom is 0.220 e. The molecule has 0 bridgehead atoms. The molecule has 1 aromatic heterocycles. The molecule has 2 rings (SSSR count). The van der Waals surface area contributed by atoms with E-state index in [0.717, 1.165) is 11.3 Å². The van der Waals surface area contributed by atoms with Gasteiger partial charge in [-0.2, -0.15) is 5.26 Å². The van der Waals surface area contributed by atoms with Gasteiger partial charge in [0.25, 0.3) is 0 Å². The van der Waals surface area contributed by atoms with Crippen LogP contribution in [0.3, 0.4) is 0 Å². The molecule has 0 saturated carbocycles. The van der Waals surface area contributed by atoms with Gasteiger partial charge in [0.2, 0.25) is 5.06 Å². The van der Waals surface area contributed by atoms with Crippen LogP contribution in [0.4, 0.5) is 5.13 Å². The van der Waals surface area contributed by atoms with Crippen molar-refractivity contribution in [3.8, 4) is 16.9 Å². The summed E-state index contributed by atoms with van der Waals surface area (Å²) >= 11 is 1.16. The topological polar surface area (TPSA) is 71.9 Å². The van der Waals surface area contributed by atoms with E-state index >= 15 is 0 Å². The fourth-order valence-electron chi connectivity index (χ4n) is 1.06. The van der Waals surface area contributed by atoms with Crippen LogP contribution in [0.1, 0.15) is 5.69 Å². The van der Waals surface area contributed by atoms with Gasteiger partial charge < -0.3 is 10.5 Å². The Labute approximate surface area is 90.6 Å². The van der Waals surface area contributed by atoms with Crippen molar-refractivity contribution in [3.63, 3.8) is 0 Å². The Bertz CT molecular complexity index is 501. The van der Waals surface area contributed by atoms with Crippen LogP contribution in [-0.4, -0.2) is 4.98 Å². The first kappa shape index (κ1) is 9.49. The normalized spacial score (nSPS) is 9.53. The lowest BCUT2D eigenvalue weighted by atomic mass is 10.3. The number of nitriles is 1. The first-order valence-corrected chi connectivity index (χ1v) is 5.00. The Kier molecular flexibility index (Phi) is 2.52. The van der Waals surface area contributed by atoms with E-state index in [4.69, 9.17) is 15.7 Å². The second-order valence-electron chi connectivity index (χ2n) is 2.72. The molecule has 0 aliphatic rings. The third-order valence-electron chi connectivity index (χ3n) is 1.67. The van der Waals surface area contributed by atoms with Crippen LogP contribution in [0, 0.1) is 11.3 Å². The Balaban J connectivity index is 2.29. The lowest BCUT2D eigenvalue weighted by Crippen LogP contribution is -1.84. The average molecular weight is 217 g/mol. The molecule has 0 fully saturated rings. The number of nitrogens with two attached hydrogens (primary N) is 1. The van der Waals surface area contributed by atoms with Crippen molar-refractivity contribution < 1.29 is 4.74 Å². The van der Waals surface area contributed by atoms with Gasteiger partial charge in [0.05, 0.1) is 0 Å². The number of thiazole rings is 1. The number of para-hydroxylation sites is 1. The predicted octanol–water partition coefficient (Wildman–Crippen LogP) is 2.39. The zero-order valence-electron chi connectivity index (χ0n) is 7.68. The Morgan fingerprint density at radius 2 is 2.07 bits per heavy atom. The Hall–Kier alpha value is -2.06. The van der Waals surface area contributed by atoms with Crippen LogP contribution in [0.2, 0.25) is 0 Å². The third kappa shape index (κ3) is 2.06. The molecule has 0 atom stereocenters. The van der Waals surface area contributed by atoms with Crippen LogP contribution < -0.4 is 10.5 Å². The largest absolute Gasteiger partial charge is 0.443 e. The molecule has 0 saturated heterocycles. The number of anilines is 1. The summed E-state index contributed by atoms with van der Waals surface area (Å²) in [6.07, 6.45) is 0. The quantitative estimate of drug-likeness (QED) is 0.838. The SMILES string of the molecule is N#Cc1nc(N)sc1Oc1ccccc1. The Morgan fingerprint density at radius 3 is 2.73 bits per heavy atom. The molecule has 0 radical (unpaired) electrons. The highest BCUT2D eigenvalue weighted by molar-refractivity contribution is 7.17. The lowest BCUT2D eigenvalue weighted by molar-refractivity contribution is 0.493.